The van der Waals surface area contributed by atoms with E-state index in [4.69, 9.17) is 9.84 Å². The normalized spacial score (nSPS) is 18.8. The first-order chi connectivity index (χ1) is 8.66. The molecule has 1 aromatic carbocycles. The first-order valence-electron chi connectivity index (χ1n) is 6.32. The van der Waals surface area contributed by atoms with Gasteiger partial charge in [0.15, 0.2) is 0 Å². The summed E-state index contributed by atoms with van der Waals surface area (Å²) in [5.41, 5.74) is 2.32. The van der Waals surface area contributed by atoms with Crippen LogP contribution in [0.15, 0.2) is 18.2 Å². The van der Waals surface area contributed by atoms with Crippen molar-refractivity contribution in [3.8, 4) is 0 Å². The van der Waals surface area contributed by atoms with Gasteiger partial charge in [-0.25, -0.2) is 4.79 Å². The number of nitrogens with one attached hydrogen (secondary N) is 1. The van der Waals surface area contributed by atoms with Crippen LogP contribution in [0.5, 0.6) is 0 Å². The predicted molar refractivity (Wildman–Crippen MR) is 70.2 cm³/mol. The quantitative estimate of drug-likeness (QED) is 0.842. The van der Waals surface area contributed by atoms with E-state index in [-0.39, 0.29) is 0 Å². The molecule has 18 heavy (non-hydrogen) atoms. The molecule has 4 heteroatoms. The lowest BCUT2D eigenvalue weighted by molar-refractivity contribution is 0.0697. The molecule has 1 unspecified atom stereocenters. The molecule has 98 valence electrons. The second-order valence-corrected chi connectivity index (χ2v) is 4.78. The van der Waals surface area contributed by atoms with Crippen molar-refractivity contribution < 1.29 is 14.6 Å². The van der Waals surface area contributed by atoms with Gasteiger partial charge < -0.3 is 15.2 Å². The molecule has 0 spiro atoms. The maximum absolute atomic E-state index is 10.8. The average molecular weight is 249 g/mol. The maximum Gasteiger partial charge on any atom is 0.335 e. The summed E-state index contributed by atoms with van der Waals surface area (Å²) >= 11 is 0. The minimum Gasteiger partial charge on any atom is -0.478 e. The molecule has 0 amide bonds. The lowest BCUT2D eigenvalue weighted by atomic mass is 10.0. The van der Waals surface area contributed by atoms with Gasteiger partial charge >= 0.3 is 5.97 Å². The number of anilines is 1. The number of carboxylic acids is 1. The molecule has 1 heterocycles. The Morgan fingerprint density at radius 2 is 2.39 bits per heavy atom. The van der Waals surface area contributed by atoms with E-state index in [1.807, 2.05) is 13.0 Å². The SMILES string of the molecule is Cc1cc(C(=O)O)ccc1NCCC1CCOC1. The predicted octanol–water partition coefficient (Wildman–Crippen LogP) is 2.53. The van der Waals surface area contributed by atoms with E-state index < -0.39 is 5.97 Å². The number of aryl methyl sites for hydroxylation is 1. The topological polar surface area (TPSA) is 58.6 Å². The van der Waals surface area contributed by atoms with Crippen molar-refractivity contribution >= 4 is 11.7 Å². The summed E-state index contributed by atoms with van der Waals surface area (Å²) in [7, 11) is 0. The molecule has 1 fully saturated rings. The van der Waals surface area contributed by atoms with E-state index in [0.717, 1.165) is 43.9 Å². The molecule has 0 aliphatic carbocycles. The Labute approximate surface area is 107 Å². The zero-order valence-corrected chi connectivity index (χ0v) is 10.6. The first-order valence-corrected chi connectivity index (χ1v) is 6.32. The summed E-state index contributed by atoms with van der Waals surface area (Å²) in [6, 6.07) is 5.17. The van der Waals surface area contributed by atoms with Crippen LogP contribution in [-0.2, 0) is 4.74 Å². The third-order valence-corrected chi connectivity index (χ3v) is 3.37. The Morgan fingerprint density at radius 1 is 1.56 bits per heavy atom. The van der Waals surface area contributed by atoms with Crippen LogP contribution >= 0.6 is 0 Å². The molecule has 1 aliphatic heterocycles. The summed E-state index contributed by atoms with van der Waals surface area (Å²) in [4.78, 5) is 10.8. The van der Waals surface area contributed by atoms with Gasteiger partial charge in [-0.05, 0) is 49.4 Å². The third kappa shape index (κ3) is 3.23. The Balaban J connectivity index is 1.87. The van der Waals surface area contributed by atoms with E-state index >= 15 is 0 Å². The number of ether oxygens (including phenoxy) is 1. The molecule has 0 aromatic heterocycles. The molecule has 2 rings (SSSR count). The number of benzene rings is 1. The molecular formula is C14H19NO3. The van der Waals surface area contributed by atoms with Crippen molar-refractivity contribution in [2.24, 2.45) is 5.92 Å². The van der Waals surface area contributed by atoms with Gasteiger partial charge in [-0.3, -0.25) is 0 Å². The highest BCUT2D eigenvalue weighted by Crippen LogP contribution is 2.19. The molecule has 1 atom stereocenters. The van der Waals surface area contributed by atoms with Gasteiger partial charge in [0.25, 0.3) is 0 Å². The van der Waals surface area contributed by atoms with Crippen molar-refractivity contribution in [2.45, 2.75) is 19.8 Å². The van der Waals surface area contributed by atoms with Crippen molar-refractivity contribution in [2.75, 3.05) is 25.1 Å². The minimum absolute atomic E-state index is 0.335. The highest BCUT2D eigenvalue weighted by Gasteiger charge is 2.14. The Kier molecular flexibility index (Phi) is 4.20. The molecule has 0 saturated carbocycles. The molecule has 1 aliphatic rings. The lowest BCUT2D eigenvalue weighted by Crippen LogP contribution is -2.10. The summed E-state index contributed by atoms with van der Waals surface area (Å²) in [5, 5.41) is 12.2. The zero-order chi connectivity index (χ0) is 13.0. The van der Waals surface area contributed by atoms with Crippen LogP contribution < -0.4 is 5.32 Å². The Morgan fingerprint density at radius 3 is 3.00 bits per heavy atom. The number of carbonyl (C=O) groups is 1. The molecule has 1 aromatic rings. The summed E-state index contributed by atoms with van der Waals surface area (Å²) in [6.45, 7) is 4.59. The Hall–Kier alpha value is -1.55. The maximum atomic E-state index is 10.8. The van der Waals surface area contributed by atoms with Crippen molar-refractivity contribution in [1.82, 2.24) is 0 Å². The highest BCUT2D eigenvalue weighted by atomic mass is 16.5. The van der Waals surface area contributed by atoms with Gasteiger partial charge in [-0.15, -0.1) is 0 Å². The second-order valence-electron chi connectivity index (χ2n) is 4.78. The van der Waals surface area contributed by atoms with Crippen LogP contribution in [0.4, 0.5) is 5.69 Å². The van der Waals surface area contributed by atoms with Crippen LogP contribution in [0, 0.1) is 12.8 Å². The fraction of sp³-hybridized carbons (Fsp3) is 0.500. The molecule has 0 radical (unpaired) electrons. The molecule has 1 saturated heterocycles. The smallest absolute Gasteiger partial charge is 0.335 e. The van der Waals surface area contributed by atoms with Crippen LogP contribution in [0.3, 0.4) is 0 Å². The molecule has 4 nitrogen and oxygen atoms in total. The summed E-state index contributed by atoms with van der Waals surface area (Å²) in [5.74, 6) is -0.219. The summed E-state index contributed by atoms with van der Waals surface area (Å²) in [6.07, 6.45) is 2.25. The largest absolute Gasteiger partial charge is 0.478 e. The first kappa shape index (κ1) is 12.9. The van der Waals surface area contributed by atoms with Gasteiger partial charge in [-0.1, -0.05) is 0 Å². The van der Waals surface area contributed by atoms with E-state index in [1.165, 1.54) is 0 Å². The van der Waals surface area contributed by atoms with Crippen molar-refractivity contribution in [3.63, 3.8) is 0 Å². The van der Waals surface area contributed by atoms with Gasteiger partial charge in [-0.2, -0.15) is 0 Å². The monoisotopic (exact) mass is 249 g/mol. The van der Waals surface area contributed by atoms with Gasteiger partial charge in [0.05, 0.1) is 5.56 Å². The Bertz CT molecular complexity index is 425. The van der Waals surface area contributed by atoms with Crippen LogP contribution in [0.25, 0.3) is 0 Å². The fourth-order valence-corrected chi connectivity index (χ4v) is 2.22. The van der Waals surface area contributed by atoms with Crippen molar-refractivity contribution in [3.05, 3.63) is 29.3 Å². The standard InChI is InChI=1S/C14H19NO3/c1-10-8-12(14(16)17)2-3-13(10)15-6-4-11-5-7-18-9-11/h2-3,8,11,15H,4-7,9H2,1H3,(H,16,17). The van der Waals surface area contributed by atoms with E-state index in [9.17, 15) is 4.79 Å². The lowest BCUT2D eigenvalue weighted by Gasteiger charge is -2.12. The molecule has 0 bridgehead atoms. The number of hydrogen-bond donors (Lipinski definition) is 2. The van der Waals surface area contributed by atoms with Crippen LogP contribution in [-0.4, -0.2) is 30.8 Å². The van der Waals surface area contributed by atoms with Gasteiger partial charge in [0.2, 0.25) is 0 Å². The number of aromatic carboxylic acids is 1. The van der Waals surface area contributed by atoms with Gasteiger partial charge in [0, 0.05) is 25.4 Å². The molecule has 2 N–H and O–H groups in total. The second kappa shape index (κ2) is 5.87. The van der Waals surface area contributed by atoms with E-state index in [2.05, 4.69) is 5.32 Å². The van der Waals surface area contributed by atoms with Gasteiger partial charge in [0.1, 0.15) is 0 Å². The van der Waals surface area contributed by atoms with Crippen molar-refractivity contribution in [1.29, 1.82) is 0 Å². The van der Waals surface area contributed by atoms with E-state index in [1.54, 1.807) is 12.1 Å². The fourth-order valence-electron chi connectivity index (χ4n) is 2.22. The highest BCUT2D eigenvalue weighted by molar-refractivity contribution is 5.88. The summed E-state index contributed by atoms with van der Waals surface area (Å²) < 4.78 is 5.33. The number of carboxylic acid groups (broad SMARTS) is 1. The minimum atomic E-state index is -0.882. The average Bonchev–Trinajstić information content (AvgIpc) is 2.84. The number of rotatable bonds is 5. The zero-order valence-electron chi connectivity index (χ0n) is 10.6. The van der Waals surface area contributed by atoms with E-state index in [0.29, 0.717) is 11.5 Å². The van der Waals surface area contributed by atoms with Crippen LogP contribution in [0.2, 0.25) is 0 Å². The van der Waals surface area contributed by atoms with Crippen LogP contribution in [0.1, 0.15) is 28.8 Å². The third-order valence-electron chi connectivity index (χ3n) is 3.37. The molecular weight excluding hydrogens is 230 g/mol. The number of hydrogen-bond acceptors (Lipinski definition) is 3.